The minimum Gasteiger partial charge on any atom is -0.323 e. The lowest BCUT2D eigenvalue weighted by molar-refractivity contribution is 0.512. The highest BCUT2D eigenvalue weighted by molar-refractivity contribution is 7.98. The van der Waals surface area contributed by atoms with E-state index < -0.39 is 0 Å². The minimum atomic E-state index is 0.0332. The molecule has 1 atom stereocenters. The van der Waals surface area contributed by atoms with Crippen molar-refractivity contribution in [1.82, 2.24) is 9.55 Å². The summed E-state index contributed by atoms with van der Waals surface area (Å²) < 4.78 is 2.26. The Morgan fingerprint density at radius 2 is 2.41 bits per heavy atom. The van der Waals surface area contributed by atoms with Gasteiger partial charge < -0.3 is 4.98 Å². The largest absolute Gasteiger partial charge is 0.323 e. The van der Waals surface area contributed by atoms with Gasteiger partial charge in [-0.1, -0.05) is 6.92 Å². The Morgan fingerprint density at radius 3 is 3.06 bits per heavy atom. The zero-order valence-electron chi connectivity index (χ0n) is 9.73. The Hall–Kier alpha value is -0.590. The van der Waals surface area contributed by atoms with Gasteiger partial charge in [-0.25, -0.2) is 0 Å². The van der Waals surface area contributed by atoms with Gasteiger partial charge in [0.2, 0.25) is 0 Å². The molecule has 1 unspecified atom stereocenters. The molecular formula is C11H14N2OS3. The van der Waals surface area contributed by atoms with Crippen LogP contribution < -0.4 is 5.56 Å². The molecular weight excluding hydrogens is 272 g/mol. The molecule has 0 spiro atoms. The molecule has 0 radical (unpaired) electrons. The molecule has 92 valence electrons. The van der Waals surface area contributed by atoms with Gasteiger partial charge in [-0.3, -0.25) is 9.36 Å². The van der Waals surface area contributed by atoms with Gasteiger partial charge in [0.05, 0.1) is 5.39 Å². The molecule has 3 nitrogen and oxygen atoms in total. The molecule has 2 rings (SSSR count). The van der Waals surface area contributed by atoms with Crippen LogP contribution in [0.5, 0.6) is 0 Å². The molecule has 0 aliphatic heterocycles. The van der Waals surface area contributed by atoms with E-state index in [1.165, 1.54) is 11.3 Å². The SMILES string of the molecule is CCC(CSC)n1c(=S)[nH]c2sccc2c1=O. The van der Waals surface area contributed by atoms with Crippen molar-refractivity contribution in [3.63, 3.8) is 0 Å². The highest BCUT2D eigenvalue weighted by Gasteiger charge is 2.14. The summed E-state index contributed by atoms with van der Waals surface area (Å²) >= 11 is 8.55. The van der Waals surface area contributed by atoms with Crippen molar-refractivity contribution in [2.45, 2.75) is 19.4 Å². The van der Waals surface area contributed by atoms with Gasteiger partial charge in [0.15, 0.2) is 4.77 Å². The van der Waals surface area contributed by atoms with Crippen molar-refractivity contribution in [3.8, 4) is 0 Å². The van der Waals surface area contributed by atoms with Crippen LogP contribution in [0.3, 0.4) is 0 Å². The van der Waals surface area contributed by atoms with E-state index in [1.807, 2.05) is 17.7 Å². The number of rotatable bonds is 4. The fourth-order valence-electron chi connectivity index (χ4n) is 1.85. The first kappa shape index (κ1) is 12.9. The monoisotopic (exact) mass is 286 g/mol. The number of nitrogens with one attached hydrogen (secondary N) is 1. The normalized spacial score (nSPS) is 13.1. The Morgan fingerprint density at radius 1 is 1.65 bits per heavy atom. The average molecular weight is 286 g/mol. The van der Waals surface area contributed by atoms with Gasteiger partial charge in [-0.2, -0.15) is 11.8 Å². The molecule has 2 aromatic rings. The van der Waals surface area contributed by atoms with Crippen LogP contribution in [0.15, 0.2) is 16.2 Å². The maximum atomic E-state index is 12.4. The summed E-state index contributed by atoms with van der Waals surface area (Å²) in [7, 11) is 0. The average Bonchev–Trinajstić information content (AvgIpc) is 2.76. The van der Waals surface area contributed by atoms with Gasteiger partial charge >= 0.3 is 0 Å². The quantitative estimate of drug-likeness (QED) is 0.875. The first-order chi connectivity index (χ1) is 8.19. The third-order valence-corrected chi connectivity index (χ3v) is 4.60. The lowest BCUT2D eigenvalue weighted by Crippen LogP contribution is -2.27. The summed E-state index contributed by atoms with van der Waals surface area (Å²) in [5, 5.41) is 2.65. The molecule has 0 bridgehead atoms. The summed E-state index contributed by atoms with van der Waals surface area (Å²) in [6.45, 7) is 2.08. The standard InChI is InChI=1S/C11H14N2OS3/c1-3-7(6-16-2)13-10(14)8-4-5-17-9(8)12-11(13)15/h4-5,7H,3,6H2,1-2H3,(H,12,15). The van der Waals surface area contributed by atoms with Crippen LogP contribution in [0, 0.1) is 4.77 Å². The fourth-order valence-corrected chi connectivity index (χ4v) is 3.80. The molecule has 6 heteroatoms. The van der Waals surface area contributed by atoms with Crippen LogP contribution >= 0.6 is 35.3 Å². The van der Waals surface area contributed by atoms with Gasteiger partial charge in [-0.15, -0.1) is 11.3 Å². The van der Waals surface area contributed by atoms with Crippen molar-refractivity contribution in [2.24, 2.45) is 0 Å². The molecule has 0 fully saturated rings. The summed E-state index contributed by atoms with van der Waals surface area (Å²) in [6.07, 6.45) is 2.96. The molecule has 2 heterocycles. The van der Waals surface area contributed by atoms with E-state index in [4.69, 9.17) is 12.2 Å². The van der Waals surface area contributed by atoms with Gasteiger partial charge in [0, 0.05) is 11.8 Å². The maximum absolute atomic E-state index is 12.4. The predicted molar refractivity (Wildman–Crippen MR) is 79.0 cm³/mol. The number of nitrogens with zero attached hydrogens (tertiary/aromatic N) is 1. The van der Waals surface area contributed by atoms with E-state index in [0.29, 0.717) is 4.77 Å². The molecule has 0 aliphatic rings. The topological polar surface area (TPSA) is 37.8 Å². The molecule has 0 amide bonds. The summed E-state index contributed by atoms with van der Waals surface area (Å²) in [6, 6.07) is 2.03. The fraction of sp³-hybridized carbons (Fsp3) is 0.455. The van der Waals surface area contributed by atoms with Crippen molar-refractivity contribution in [2.75, 3.05) is 12.0 Å². The smallest absolute Gasteiger partial charge is 0.263 e. The molecule has 1 N–H and O–H groups in total. The highest BCUT2D eigenvalue weighted by Crippen LogP contribution is 2.19. The van der Waals surface area contributed by atoms with Crippen molar-refractivity contribution >= 4 is 45.5 Å². The first-order valence-corrected chi connectivity index (χ1v) is 8.08. The van der Waals surface area contributed by atoms with Crippen LogP contribution in [0.4, 0.5) is 0 Å². The number of thiophene rings is 1. The van der Waals surface area contributed by atoms with E-state index in [1.54, 1.807) is 16.3 Å². The second kappa shape index (κ2) is 5.37. The lowest BCUT2D eigenvalue weighted by atomic mass is 10.2. The Labute approximate surface area is 113 Å². The van der Waals surface area contributed by atoms with Gasteiger partial charge in [-0.05, 0) is 36.3 Å². The Balaban J connectivity index is 2.67. The molecule has 17 heavy (non-hydrogen) atoms. The van der Waals surface area contributed by atoms with E-state index in [0.717, 1.165) is 22.4 Å². The Bertz CT molecular complexity index is 625. The third kappa shape index (κ3) is 2.34. The van der Waals surface area contributed by atoms with Crippen molar-refractivity contribution in [1.29, 1.82) is 0 Å². The highest BCUT2D eigenvalue weighted by atomic mass is 32.2. The number of aromatic nitrogens is 2. The second-order valence-corrected chi connectivity index (χ2v) is 6.00. The number of hydrogen-bond donors (Lipinski definition) is 1. The lowest BCUT2D eigenvalue weighted by Gasteiger charge is -2.17. The molecule has 0 aromatic carbocycles. The van der Waals surface area contributed by atoms with E-state index in [9.17, 15) is 4.79 Å². The summed E-state index contributed by atoms with van der Waals surface area (Å²) in [5.74, 6) is 0.906. The van der Waals surface area contributed by atoms with Crippen LogP contribution in [-0.4, -0.2) is 21.6 Å². The van der Waals surface area contributed by atoms with E-state index >= 15 is 0 Å². The van der Waals surface area contributed by atoms with Crippen molar-refractivity contribution < 1.29 is 0 Å². The van der Waals surface area contributed by atoms with E-state index in [-0.39, 0.29) is 11.6 Å². The number of aromatic amines is 1. The van der Waals surface area contributed by atoms with Crippen LogP contribution in [0.2, 0.25) is 0 Å². The Kier molecular flexibility index (Phi) is 4.06. The van der Waals surface area contributed by atoms with Crippen LogP contribution in [-0.2, 0) is 0 Å². The van der Waals surface area contributed by atoms with Gasteiger partial charge in [0.25, 0.3) is 5.56 Å². The van der Waals surface area contributed by atoms with Crippen LogP contribution in [0.1, 0.15) is 19.4 Å². The zero-order valence-corrected chi connectivity index (χ0v) is 12.2. The first-order valence-electron chi connectivity index (χ1n) is 5.40. The number of hydrogen-bond acceptors (Lipinski definition) is 4. The summed E-state index contributed by atoms with van der Waals surface area (Å²) in [5.41, 5.74) is 0.0332. The number of H-pyrrole nitrogens is 1. The minimum absolute atomic E-state index is 0.0332. The summed E-state index contributed by atoms with van der Waals surface area (Å²) in [4.78, 5) is 16.4. The van der Waals surface area contributed by atoms with Crippen molar-refractivity contribution in [3.05, 3.63) is 26.6 Å². The zero-order chi connectivity index (χ0) is 12.4. The number of fused-ring (bicyclic) bond motifs is 1. The molecule has 0 aliphatic carbocycles. The van der Waals surface area contributed by atoms with E-state index in [2.05, 4.69) is 11.9 Å². The number of thioether (sulfide) groups is 1. The van der Waals surface area contributed by atoms with Gasteiger partial charge in [0.1, 0.15) is 4.83 Å². The molecule has 0 saturated carbocycles. The molecule has 2 aromatic heterocycles. The second-order valence-electron chi connectivity index (χ2n) is 3.79. The van der Waals surface area contributed by atoms with Crippen LogP contribution in [0.25, 0.3) is 10.2 Å². The predicted octanol–water partition coefficient (Wildman–Crippen LogP) is 3.43. The third-order valence-electron chi connectivity index (χ3n) is 2.75. The molecule has 0 saturated heterocycles. The maximum Gasteiger partial charge on any atom is 0.263 e.